The molecule has 0 radical (unpaired) electrons. The van der Waals surface area contributed by atoms with E-state index >= 15 is 0 Å². The van der Waals surface area contributed by atoms with Crippen LogP contribution in [0, 0.1) is 17.3 Å². The highest BCUT2D eigenvalue weighted by atomic mass is 32.1. The number of guanidine groups is 1. The van der Waals surface area contributed by atoms with E-state index in [1.165, 1.54) is 0 Å². The van der Waals surface area contributed by atoms with Crippen LogP contribution in [0.2, 0.25) is 0 Å². The monoisotopic (exact) mass is 324 g/mol. The molecule has 1 aliphatic rings. The fourth-order valence-corrected chi connectivity index (χ4v) is 3.63. The van der Waals surface area contributed by atoms with Gasteiger partial charge < -0.3 is 5.32 Å². The van der Waals surface area contributed by atoms with Crippen LogP contribution in [-0.4, -0.2) is 16.9 Å². The smallest absolute Gasteiger partial charge is 0.229 e. The molecule has 3 N–H and O–H groups in total. The highest BCUT2D eigenvalue weighted by Crippen LogP contribution is 2.35. The lowest BCUT2D eigenvalue weighted by molar-refractivity contribution is -0.121. The Morgan fingerprint density at radius 3 is 2.91 bits per heavy atom. The molecule has 0 bridgehead atoms. The molecule has 3 rings (SSSR count). The van der Waals surface area contributed by atoms with Crippen molar-refractivity contribution < 1.29 is 4.79 Å². The van der Waals surface area contributed by atoms with Crippen molar-refractivity contribution in [1.82, 2.24) is 15.6 Å². The van der Waals surface area contributed by atoms with Gasteiger partial charge in [-0.1, -0.05) is 5.92 Å². The minimum absolute atomic E-state index is 0.0422. The molecule has 1 saturated heterocycles. The van der Waals surface area contributed by atoms with Crippen molar-refractivity contribution in [1.29, 1.82) is 5.41 Å². The summed E-state index contributed by atoms with van der Waals surface area (Å²) in [5.41, 5.74) is 2.35. The molecule has 1 fully saturated rings. The number of thiophene rings is 1. The Balaban J connectivity index is 1.94. The lowest BCUT2D eigenvalue weighted by atomic mass is 9.92. The maximum absolute atomic E-state index is 11.7. The Bertz CT molecular complexity index is 828. The summed E-state index contributed by atoms with van der Waals surface area (Å²) in [6, 6.07) is 4.05. The molecule has 1 amide bonds. The second-order valence-electron chi connectivity index (χ2n) is 5.59. The SMILES string of the molecule is CC#Cc1cncc(-c2csc([C@]3(C)CC(=O)NC(=N)N3)c2)c1. The third kappa shape index (κ3) is 3.10. The zero-order valence-electron chi connectivity index (χ0n) is 12.9. The van der Waals surface area contributed by atoms with E-state index in [2.05, 4.69) is 27.5 Å². The topological polar surface area (TPSA) is 77.9 Å². The van der Waals surface area contributed by atoms with Crippen molar-refractivity contribution in [2.24, 2.45) is 0 Å². The lowest BCUT2D eigenvalue weighted by Crippen LogP contribution is -2.57. The number of nitrogens with one attached hydrogen (secondary N) is 3. The Labute approximate surface area is 138 Å². The second kappa shape index (κ2) is 5.86. The minimum Gasteiger partial charge on any atom is -0.346 e. The summed E-state index contributed by atoms with van der Waals surface area (Å²) in [7, 11) is 0. The number of aromatic nitrogens is 1. The molecule has 3 heterocycles. The van der Waals surface area contributed by atoms with E-state index in [0.717, 1.165) is 21.6 Å². The maximum Gasteiger partial charge on any atom is 0.229 e. The van der Waals surface area contributed by atoms with Crippen molar-refractivity contribution in [3.8, 4) is 23.0 Å². The van der Waals surface area contributed by atoms with Crippen molar-refractivity contribution in [3.63, 3.8) is 0 Å². The minimum atomic E-state index is -0.559. The van der Waals surface area contributed by atoms with Crippen LogP contribution in [0.4, 0.5) is 0 Å². The van der Waals surface area contributed by atoms with Gasteiger partial charge in [0.15, 0.2) is 5.96 Å². The van der Waals surface area contributed by atoms with Crippen molar-refractivity contribution >= 4 is 23.2 Å². The number of amides is 1. The van der Waals surface area contributed by atoms with Gasteiger partial charge in [0.2, 0.25) is 5.91 Å². The summed E-state index contributed by atoms with van der Waals surface area (Å²) in [5, 5.41) is 15.3. The molecule has 0 spiro atoms. The Hall–Kier alpha value is -2.65. The fraction of sp³-hybridized carbons (Fsp3) is 0.235. The van der Waals surface area contributed by atoms with Gasteiger partial charge in [0.05, 0.1) is 12.0 Å². The van der Waals surface area contributed by atoms with Crippen LogP contribution in [0.5, 0.6) is 0 Å². The average molecular weight is 324 g/mol. The molecular formula is C17H16N4OS. The van der Waals surface area contributed by atoms with Gasteiger partial charge in [-0.15, -0.1) is 17.3 Å². The molecule has 0 unspecified atom stereocenters. The first-order valence-corrected chi connectivity index (χ1v) is 8.02. The Morgan fingerprint density at radius 1 is 1.35 bits per heavy atom. The van der Waals surface area contributed by atoms with E-state index < -0.39 is 5.54 Å². The van der Waals surface area contributed by atoms with Gasteiger partial charge in [-0.25, -0.2) is 0 Å². The number of hydrogen-bond acceptors (Lipinski definition) is 4. The predicted molar refractivity (Wildman–Crippen MR) is 91.1 cm³/mol. The second-order valence-corrected chi connectivity index (χ2v) is 6.51. The standard InChI is InChI=1S/C17H16N4OS/c1-3-4-11-5-12(9-19-8-11)13-6-14(23-10-13)17(2)7-15(22)20-16(18)21-17/h5-6,8-10H,7H2,1-2H3,(H3,18,20,21,22)/t17-/m0/s1. The van der Waals surface area contributed by atoms with Crippen LogP contribution in [0.25, 0.3) is 11.1 Å². The van der Waals surface area contributed by atoms with E-state index in [4.69, 9.17) is 5.41 Å². The normalized spacial score (nSPS) is 20.3. The molecule has 5 nitrogen and oxygen atoms in total. The van der Waals surface area contributed by atoms with E-state index in [9.17, 15) is 4.79 Å². The molecule has 0 aromatic carbocycles. The third-order valence-electron chi connectivity index (χ3n) is 3.66. The first kappa shape index (κ1) is 15.3. The lowest BCUT2D eigenvalue weighted by Gasteiger charge is -2.34. The van der Waals surface area contributed by atoms with E-state index in [-0.39, 0.29) is 11.9 Å². The van der Waals surface area contributed by atoms with Gasteiger partial charge in [0, 0.05) is 28.4 Å². The van der Waals surface area contributed by atoms with E-state index in [0.29, 0.717) is 6.42 Å². The number of carbonyl (C=O) groups excluding carboxylic acids is 1. The Kier molecular flexibility index (Phi) is 3.89. The summed E-state index contributed by atoms with van der Waals surface area (Å²) >= 11 is 1.57. The summed E-state index contributed by atoms with van der Waals surface area (Å²) in [4.78, 5) is 17.0. The zero-order valence-corrected chi connectivity index (χ0v) is 13.7. The molecule has 116 valence electrons. The van der Waals surface area contributed by atoms with Crippen LogP contribution in [0.3, 0.4) is 0 Å². The maximum atomic E-state index is 11.7. The fourth-order valence-electron chi connectivity index (χ4n) is 2.59. The number of nitrogens with zero attached hydrogens (tertiary/aromatic N) is 1. The molecule has 0 aliphatic carbocycles. The van der Waals surface area contributed by atoms with E-state index in [1.54, 1.807) is 30.7 Å². The third-order valence-corrected chi connectivity index (χ3v) is 4.86. The first-order valence-electron chi connectivity index (χ1n) is 7.14. The molecule has 23 heavy (non-hydrogen) atoms. The number of pyridine rings is 1. The van der Waals surface area contributed by atoms with Crippen molar-refractivity contribution in [3.05, 3.63) is 40.3 Å². The van der Waals surface area contributed by atoms with Gasteiger partial charge in [0.25, 0.3) is 0 Å². The number of rotatable bonds is 2. The summed E-state index contributed by atoms with van der Waals surface area (Å²) < 4.78 is 0. The highest BCUT2D eigenvalue weighted by Gasteiger charge is 2.36. The average Bonchev–Trinajstić information content (AvgIpc) is 2.97. The first-order chi connectivity index (χ1) is 11.0. The number of carbonyl (C=O) groups is 1. The molecular weight excluding hydrogens is 308 g/mol. The van der Waals surface area contributed by atoms with Crippen LogP contribution in [0.1, 0.15) is 30.7 Å². The van der Waals surface area contributed by atoms with Gasteiger partial charge >= 0.3 is 0 Å². The van der Waals surface area contributed by atoms with Crippen molar-refractivity contribution in [2.75, 3.05) is 0 Å². The van der Waals surface area contributed by atoms with E-state index in [1.807, 2.05) is 24.4 Å². The van der Waals surface area contributed by atoms with Crippen molar-refractivity contribution in [2.45, 2.75) is 25.8 Å². The number of hydrogen-bond donors (Lipinski definition) is 3. The molecule has 2 aromatic rings. The molecule has 0 saturated carbocycles. The van der Waals surface area contributed by atoms with Crippen LogP contribution < -0.4 is 10.6 Å². The van der Waals surface area contributed by atoms with Gasteiger partial charge in [-0.05, 0) is 36.9 Å². The summed E-state index contributed by atoms with van der Waals surface area (Å²) in [6.45, 7) is 3.73. The Morgan fingerprint density at radius 2 is 2.17 bits per heavy atom. The van der Waals surface area contributed by atoms with Gasteiger partial charge in [-0.3, -0.25) is 20.5 Å². The van der Waals surface area contributed by atoms with Crippen LogP contribution >= 0.6 is 11.3 Å². The molecule has 6 heteroatoms. The summed E-state index contributed by atoms with van der Waals surface area (Å²) in [5.74, 6) is 5.77. The van der Waals surface area contributed by atoms with Crippen LogP contribution in [-0.2, 0) is 10.3 Å². The van der Waals surface area contributed by atoms with Gasteiger partial charge in [0.1, 0.15) is 0 Å². The molecule has 1 aliphatic heterocycles. The quantitative estimate of drug-likeness (QED) is 0.743. The molecule has 2 aromatic heterocycles. The van der Waals surface area contributed by atoms with Crippen LogP contribution in [0.15, 0.2) is 29.9 Å². The predicted octanol–water partition coefficient (Wildman–Crippen LogP) is 2.44. The zero-order chi connectivity index (χ0) is 16.4. The highest BCUT2D eigenvalue weighted by molar-refractivity contribution is 7.10. The molecule has 1 atom stereocenters. The summed E-state index contributed by atoms with van der Waals surface area (Å²) in [6.07, 6.45) is 3.84. The van der Waals surface area contributed by atoms with Gasteiger partial charge in [-0.2, -0.15) is 0 Å². The largest absolute Gasteiger partial charge is 0.346 e.